The molecule has 30 heavy (non-hydrogen) atoms. The predicted molar refractivity (Wildman–Crippen MR) is 119 cm³/mol. The molecule has 0 radical (unpaired) electrons. The summed E-state index contributed by atoms with van der Waals surface area (Å²) in [6, 6.07) is 17.1. The highest BCUT2D eigenvalue weighted by atomic mass is 32.2. The smallest absolute Gasteiger partial charge is 0.240 e. The summed E-state index contributed by atoms with van der Waals surface area (Å²) in [5, 5.41) is 3.32. The summed E-state index contributed by atoms with van der Waals surface area (Å²) in [6.45, 7) is 2.32. The summed E-state index contributed by atoms with van der Waals surface area (Å²) in [6.07, 6.45) is 1.85. The molecule has 1 heterocycles. The van der Waals surface area contributed by atoms with E-state index in [9.17, 15) is 8.42 Å². The maximum atomic E-state index is 12.5. The molecule has 7 nitrogen and oxygen atoms in total. The van der Waals surface area contributed by atoms with E-state index < -0.39 is 10.0 Å². The van der Waals surface area contributed by atoms with Gasteiger partial charge in [0, 0.05) is 40.3 Å². The maximum absolute atomic E-state index is 12.5. The van der Waals surface area contributed by atoms with Crippen molar-refractivity contribution in [2.75, 3.05) is 27.2 Å². The second kappa shape index (κ2) is 10.6. The zero-order valence-electron chi connectivity index (χ0n) is 17.5. The molecule has 8 heteroatoms. The molecule has 1 fully saturated rings. The fourth-order valence-corrected chi connectivity index (χ4v) is 4.44. The molecule has 0 aromatic heterocycles. The number of nitrogens with zero attached hydrogens (tertiary/aromatic N) is 2. The predicted octanol–water partition coefficient (Wildman–Crippen LogP) is 2.35. The van der Waals surface area contributed by atoms with Gasteiger partial charge < -0.3 is 15.0 Å². The van der Waals surface area contributed by atoms with Crippen molar-refractivity contribution in [3.8, 4) is 0 Å². The SMILES string of the molecule is CN=C(NCc1ccc(S(=O)(=O)NCC2CCCO2)cc1)N(C)Cc1ccccc1. The Labute approximate surface area is 179 Å². The summed E-state index contributed by atoms with van der Waals surface area (Å²) in [5.74, 6) is 0.772. The number of guanidine groups is 1. The average molecular weight is 431 g/mol. The lowest BCUT2D eigenvalue weighted by molar-refractivity contribution is 0.114. The fourth-order valence-electron chi connectivity index (χ4n) is 3.38. The van der Waals surface area contributed by atoms with Crippen molar-refractivity contribution in [3.63, 3.8) is 0 Å². The van der Waals surface area contributed by atoms with Gasteiger partial charge in [0.05, 0.1) is 11.0 Å². The quantitative estimate of drug-likeness (QED) is 0.496. The van der Waals surface area contributed by atoms with E-state index in [4.69, 9.17) is 4.74 Å². The van der Waals surface area contributed by atoms with Crippen LogP contribution in [0.25, 0.3) is 0 Å². The fraction of sp³-hybridized carbons (Fsp3) is 0.409. The molecule has 1 saturated heterocycles. The first-order valence-electron chi connectivity index (χ1n) is 10.1. The summed E-state index contributed by atoms with van der Waals surface area (Å²) < 4.78 is 33.0. The Hall–Kier alpha value is -2.42. The first-order chi connectivity index (χ1) is 14.5. The average Bonchev–Trinajstić information content (AvgIpc) is 3.28. The third-order valence-electron chi connectivity index (χ3n) is 5.05. The van der Waals surface area contributed by atoms with Crippen LogP contribution in [-0.2, 0) is 27.8 Å². The van der Waals surface area contributed by atoms with Crippen LogP contribution in [0.3, 0.4) is 0 Å². The van der Waals surface area contributed by atoms with Crippen LogP contribution in [0.2, 0.25) is 0 Å². The van der Waals surface area contributed by atoms with Crippen LogP contribution in [0.5, 0.6) is 0 Å². The lowest BCUT2D eigenvalue weighted by Gasteiger charge is -2.22. The van der Waals surface area contributed by atoms with Gasteiger partial charge in [0.25, 0.3) is 0 Å². The van der Waals surface area contributed by atoms with Gasteiger partial charge in [-0.2, -0.15) is 0 Å². The van der Waals surface area contributed by atoms with Crippen molar-refractivity contribution in [2.24, 2.45) is 4.99 Å². The van der Waals surface area contributed by atoms with Gasteiger partial charge in [-0.25, -0.2) is 13.1 Å². The van der Waals surface area contributed by atoms with E-state index in [2.05, 4.69) is 27.2 Å². The highest BCUT2D eigenvalue weighted by molar-refractivity contribution is 7.89. The van der Waals surface area contributed by atoms with Crippen molar-refractivity contribution >= 4 is 16.0 Å². The van der Waals surface area contributed by atoms with Crippen LogP contribution in [0, 0.1) is 0 Å². The van der Waals surface area contributed by atoms with Crippen molar-refractivity contribution in [1.29, 1.82) is 0 Å². The number of sulfonamides is 1. The molecule has 0 bridgehead atoms. The summed E-state index contributed by atoms with van der Waals surface area (Å²) >= 11 is 0. The summed E-state index contributed by atoms with van der Waals surface area (Å²) in [7, 11) is 0.202. The molecule has 0 amide bonds. The van der Waals surface area contributed by atoms with Gasteiger partial charge in [0.1, 0.15) is 0 Å². The monoisotopic (exact) mass is 430 g/mol. The van der Waals surface area contributed by atoms with Crippen LogP contribution in [0.15, 0.2) is 64.5 Å². The minimum atomic E-state index is -3.53. The third-order valence-corrected chi connectivity index (χ3v) is 6.48. The first-order valence-corrected chi connectivity index (χ1v) is 11.6. The minimum Gasteiger partial charge on any atom is -0.377 e. The molecule has 1 atom stereocenters. The Kier molecular flexibility index (Phi) is 7.84. The van der Waals surface area contributed by atoms with Crippen molar-refractivity contribution in [2.45, 2.75) is 36.9 Å². The van der Waals surface area contributed by atoms with Crippen LogP contribution in [-0.4, -0.2) is 52.6 Å². The number of hydrogen-bond acceptors (Lipinski definition) is 4. The van der Waals surface area contributed by atoms with E-state index in [0.717, 1.165) is 30.9 Å². The lowest BCUT2D eigenvalue weighted by Crippen LogP contribution is -2.38. The third kappa shape index (κ3) is 6.29. The van der Waals surface area contributed by atoms with Gasteiger partial charge >= 0.3 is 0 Å². The van der Waals surface area contributed by atoms with Crippen molar-refractivity contribution in [1.82, 2.24) is 14.9 Å². The standard InChI is InChI=1S/C22H30N4O3S/c1-23-22(26(2)17-19-7-4-3-5-8-19)24-15-18-10-12-21(13-11-18)30(27,28)25-16-20-9-6-14-29-20/h3-5,7-8,10-13,20,25H,6,9,14-17H2,1-2H3,(H,23,24). The summed E-state index contributed by atoms with van der Waals surface area (Å²) in [5.41, 5.74) is 2.18. The molecule has 0 saturated carbocycles. The zero-order chi connectivity index (χ0) is 21.4. The van der Waals surface area contributed by atoms with Gasteiger partial charge in [-0.15, -0.1) is 0 Å². The van der Waals surface area contributed by atoms with Gasteiger partial charge in [-0.3, -0.25) is 4.99 Å². The Balaban J connectivity index is 1.52. The number of aliphatic imine (C=N–C) groups is 1. The van der Waals surface area contributed by atoms with Gasteiger partial charge in [0.2, 0.25) is 10.0 Å². The second-order valence-corrected chi connectivity index (χ2v) is 9.14. The minimum absolute atomic E-state index is 0.0251. The highest BCUT2D eigenvalue weighted by Gasteiger charge is 2.20. The highest BCUT2D eigenvalue weighted by Crippen LogP contribution is 2.14. The molecule has 0 aliphatic carbocycles. The molecule has 1 unspecified atom stereocenters. The molecule has 162 valence electrons. The number of rotatable bonds is 8. The zero-order valence-corrected chi connectivity index (χ0v) is 18.4. The van der Waals surface area contributed by atoms with Crippen LogP contribution >= 0.6 is 0 Å². The largest absolute Gasteiger partial charge is 0.377 e. The van der Waals surface area contributed by atoms with E-state index in [1.165, 1.54) is 5.56 Å². The Morgan fingerprint density at radius 1 is 1.13 bits per heavy atom. The molecule has 0 spiro atoms. The van der Waals surface area contributed by atoms with E-state index in [0.29, 0.717) is 19.7 Å². The lowest BCUT2D eigenvalue weighted by atomic mass is 10.2. The molecule has 2 N–H and O–H groups in total. The summed E-state index contributed by atoms with van der Waals surface area (Å²) in [4.78, 5) is 6.64. The number of benzene rings is 2. The maximum Gasteiger partial charge on any atom is 0.240 e. The molecular formula is C22H30N4O3S. The van der Waals surface area contributed by atoms with Gasteiger partial charge in [0.15, 0.2) is 5.96 Å². The van der Waals surface area contributed by atoms with Crippen LogP contribution in [0.4, 0.5) is 0 Å². The van der Waals surface area contributed by atoms with Gasteiger partial charge in [-0.05, 0) is 36.1 Å². The first kappa shape index (κ1) is 22.3. The topological polar surface area (TPSA) is 83.0 Å². The normalized spacial score (nSPS) is 17.1. The molecular weight excluding hydrogens is 400 g/mol. The number of ether oxygens (including phenoxy) is 1. The van der Waals surface area contributed by atoms with Crippen LogP contribution in [0.1, 0.15) is 24.0 Å². The molecule has 2 aromatic rings. The van der Waals surface area contributed by atoms with Crippen LogP contribution < -0.4 is 10.0 Å². The molecule has 3 rings (SSSR count). The number of nitrogens with one attached hydrogen (secondary N) is 2. The van der Waals surface area contributed by atoms with E-state index in [1.807, 2.05) is 42.3 Å². The van der Waals surface area contributed by atoms with E-state index in [-0.39, 0.29) is 11.0 Å². The van der Waals surface area contributed by atoms with Gasteiger partial charge in [-0.1, -0.05) is 42.5 Å². The van der Waals surface area contributed by atoms with Crippen molar-refractivity contribution in [3.05, 3.63) is 65.7 Å². The van der Waals surface area contributed by atoms with Crippen molar-refractivity contribution < 1.29 is 13.2 Å². The Morgan fingerprint density at radius 2 is 1.87 bits per heavy atom. The Morgan fingerprint density at radius 3 is 2.50 bits per heavy atom. The second-order valence-electron chi connectivity index (χ2n) is 7.37. The van der Waals surface area contributed by atoms with E-state index in [1.54, 1.807) is 19.2 Å². The molecule has 1 aliphatic heterocycles. The van der Waals surface area contributed by atoms with E-state index >= 15 is 0 Å². The molecule has 2 aromatic carbocycles. The molecule has 1 aliphatic rings. The number of hydrogen-bond donors (Lipinski definition) is 2. The Bertz CT molecular complexity index is 925.